The molecule has 0 saturated heterocycles. The molecule has 0 radical (unpaired) electrons. The molecule has 0 saturated carbocycles. The Hall–Kier alpha value is -4.06. The van der Waals surface area contributed by atoms with Gasteiger partial charge in [-0.15, -0.1) is 0 Å². The number of nitriles is 1. The fourth-order valence-electron chi connectivity index (χ4n) is 2.76. The van der Waals surface area contributed by atoms with Crippen molar-refractivity contribution in [2.24, 2.45) is 0 Å². The molecule has 1 N–H and O–H groups in total. The number of hydrogen-bond donors (Lipinski definition) is 1. The molecule has 0 unspecified atom stereocenters. The van der Waals surface area contributed by atoms with Crippen LogP contribution in [-0.4, -0.2) is 10.5 Å². The van der Waals surface area contributed by atoms with Gasteiger partial charge >= 0.3 is 6.18 Å². The van der Waals surface area contributed by atoms with Crippen molar-refractivity contribution in [1.29, 1.82) is 5.26 Å². The van der Waals surface area contributed by atoms with E-state index in [1.54, 1.807) is 42.5 Å². The van der Waals surface area contributed by atoms with Gasteiger partial charge < -0.3 is 14.6 Å². The number of pyridine rings is 1. The summed E-state index contributed by atoms with van der Waals surface area (Å²) < 4.78 is 44.8. The average molecular weight is 427 g/mol. The Morgan fingerprint density at radius 1 is 1.10 bits per heavy atom. The summed E-state index contributed by atoms with van der Waals surface area (Å²) >= 11 is 0. The van der Waals surface area contributed by atoms with Crippen molar-refractivity contribution in [1.82, 2.24) is 4.57 Å². The van der Waals surface area contributed by atoms with Gasteiger partial charge in [0.25, 0.3) is 5.56 Å². The van der Waals surface area contributed by atoms with E-state index in [0.717, 1.165) is 17.8 Å². The topological polar surface area (TPSA) is 84.1 Å². The van der Waals surface area contributed by atoms with Crippen LogP contribution in [0.25, 0.3) is 0 Å². The van der Waals surface area contributed by atoms with E-state index in [4.69, 9.17) is 10.00 Å². The van der Waals surface area contributed by atoms with Crippen LogP contribution in [0, 0.1) is 11.3 Å². The number of ether oxygens (including phenoxy) is 1. The zero-order valence-electron chi connectivity index (χ0n) is 16.0. The first kappa shape index (κ1) is 21.6. The van der Waals surface area contributed by atoms with E-state index in [2.05, 4.69) is 5.32 Å². The van der Waals surface area contributed by atoms with Gasteiger partial charge in [-0.3, -0.25) is 9.59 Å². The smallest absolute Gasteiger partial charge is 0.421 e. The standard InChI is InChI=1S/C22H16F3N3O3/c23-22(24,25)19-5-2-10-28(21(19)30)13-20(29)27-17-6-8-18(9-7-17)31-14-16-4-1-3-15(11-16)12-26/h1-11H,13-14H2,(H,27,29). The minimum absolute atomic E-state index is 0.250. The quantitative estimate of drug-likeness (QED) is 0.646. The van der Waals surface area contributed by atoms with Gasteiger partial charge in [-0.05, 0) is 54.1 Å². The first-order chi connectivity index (χ1) is 14.8. The Labute approximate surface area is 175 Å². The molecule has 1 aromatic heterocycles. The number of halogens is 3. The van der Waals surface area contributed by atoms with E-state index < -0.39 is 29.8 Å². The molecule has 3 rings (SSSR count). The second kappa shape index (κ2) is 9.17. The monoisotopic (exact) mass is 427 g/mol. The number of aromatic nitrogens is 1. The second-order valence-corrected chi connectivity index (χ2v) is 6.53. The van der Waals surface area contributed by atoms with Crippen molar-refractivity contribution in [2.45, 2.75) is 19.3 Å². The molecule has 0 fully saturated rings. The molecule has 0 atom stereocenters. The molecule has 0 aliphatic carbocycles. The number of rotatable bonds is 6. The Bertz CT molecular complexity index is 1180. The van der Waals surface area contributed by atoms with Crippen LogP contribution in [-0.2, 0) is 24.1 Å². The van der Waals surface area contributed by atoms with Gasteiger partial charge in [0.05, 0.1) is 11.6 Å². The van der Waals surface area contributed by atoms with E-state index in [-0.39, 0.29) is 6.61 Å². The highest BCUT2D eigenvalue weighted by atomic mass is 19.4. The molecule has 158 valence electrons. The number of hydrogen-bond acceptors (Lipinski definition) is 4. The van der Waals surface area contributed by atoms with Crippen molar-refractivity contribution < 1.29 is 22.7 Å². The number of anilines is 1. The fourth-order valence-corrected chi connectivity index (χ4v) is 2.76. The van der Waals surface area contributed by atoms with Crippen LogP contribution in [0.15, 0.2) is 71.7 Å². The lowest BCUT2D eigenvalue weighted by Crippen LogP contribution is -2.31. The molecule has 3 aromatic rings. The van der Waals surface area contributed by atoms with Crippen LogP contribution in [0.4, 0.5) is 18.9 Å². The molecule has 1 amide bonds. The summed E-state index contributed by atoms with van der Waals surface area (Å²) in [6.45, 7) is -0.310. The van der Waals surface area contributed by atoms with Crippen LogP contribution in [0.3, 0.4) is 0 Å². The van der Waals surface area contributed by atoms with Gasteiger partial charge in [-0.25, -0.2) is 0 Å². The number of alkyl halides is 3. The van der Waals surface area contributed by atoms with Crippen molar-refractivity contribution in [3.63, 3.8) is 0 Å². The lowest BCUT2D eigenvalue weighted by Gasteiger charge is -2.11. The number of benzene rings is 2. The number of nitrogens with one attached hydrogen (secondary N) is 1. The third-order valence-electron chi connectivity index (χ3n) is 4.24. The van der Waals surface area contributed by atoms with Crippen molar-refractivity contribution in [3.8, 4) is 11.8 Å². The molecule has 31 heavy (non-hydrogen) atoms. The van der Waals surface area contributed by atoms with Gasteiger partial charge in [-0.1, -0.05) is 12.1 Å². The van der Waals surface area contributed by atoms with Crippen LogP contribution >= 0.6 is 0 Å². The summed E-state index contributed by atoms with van der Waals surface area (Å²) in [5.74, 6) is -0.127. The zero-order valence-corrected chi connectivity index (χ0v) is 16.0. The molecule has 1 heterocycles. The summed E-state index contributed by atoms with van der Waals surface area (Å²) in [6, 6.07) is 17.1. The van der Waals surface area contributed by atoms with Gasteiger partial charge in [-0.2, -0.15) is 18.4 Å². The predicted molar refractivity (Wildman–Crippen MR) is 106 cm³/mol. The maximum atomic E-state index is 12.8. The maximum Gasteiger partial charge on any atom is 0.421 e. The van der Waals surface area contributed by atoms with Gasteiger partial charge in [0.2, 0.25) is 5.91 Å². The molecule has 0 aliphatic rings. The molecule has 0 spiro atoms. The molecule has 9 heteroatoms. The number of carbonyl (C=O) groups excluding carboxylic acids is 1. The minimum Gasteiger partial charge on any atom is -0.489 e. The zero-order chi connectivity index (χ0) is 22.4. The SMILES string of the molecule is N#Cc1cccc(COc2ccc(NC(=O)Cn3cccc(C(F)(F)F)c3=O)cc2)c1. The van der Waals surface area contributed by atoms with Crippen LogP contribution in [0.5, 0.6) is 5.75 Å². The minimum atomic E-state index is -4.79. The maximum absolute atomic E-state index is 12.8. The van der Waals surface area contributed by atoms with Crippen LogP contribution in [0.1, 0.15) is 16.7 Å². The van der Waals surface area contributed by atoms with Gasteiger partial charge in [0.1, 0.15) is 24.5 Å². The van der Waals surface area contributed by atoms with Crippen molar-refractivity contribution >= 4 is 11.6 Å². The summed E-state index contributed by atoms with van der Waals surface area (Å²) in [5.41, 5.74) is -0.871. The third kappa shape index (κ3) is 5.73. The fraction of sp³-hybridized carbons (Fsp3) is 0.136. The summed E-state index contributed by atoms with van der Waals surface area (Å²) in [4.78, 5) is 24.0. The number of nitrogens with zero attached hydrogens (tertiary/aromatic N) is 2. The Balaban J connectivity index is 1.59. The summed E-state index contributed by atoms with van der Waals surface area (Å²) in [7, 11) is 0. The second-order valence-electron chi connectivity index (χ2n) is 6.53. The number of amides is 1. The normalized spacial score (nSPS) is 10.9. The van der Waals surface area contributed by atoms with Crippen molar-refractivity contribution in [3.05, 3.63) is 93.9 Å². The molecule has 6 nitrogen and oxygen atoms in total. The molecular weight excluding hydrogens is 411 g/mol. The summed E-state index contributed by atoms with van der Waals surface area (Å²) in [5, 5.41) is 11.4. The average Bonchev–Trinajstić information content (AvgIpc) is 2.74. The molecule has 2 aromatic carbocycles. The summed E-state index contributed by atoms with van der Waals surface area (Å²) in [6.07, 6.45) is -3.67. The predicted octanol–water partition coefficient (Wildman–Crippen LogP) is 3.96. The van der Waals surface area contributed by atoms with Crippen LogP contribution < -0.4 is 15.6 Å². The largest absolute Gasteiger partial charge is 0.489 e. The lowest BCUT2D eigenvalue weighted by atomic mass is 10.1. The van der Waals surface area contributed by atoms with E-state index in [0.29, 0.717) is 27.6 Å². The highest BCUT2D eigenvalue weighted by Crippen LogP contribution is 2.26. The highest BCUT2D eigenvalue weighted by Gasteiger charge is 2.34. The molecule has 0 bridgehead atoms. The first-order valence-electron chi connectivity index (χ1n) is 9.04. The van der Waals surface area contributed by atoms with Gasteiger partial charge in [0.15, 0.2) is 0 Å². The first-order valence-corrected chi connectivity index (χ1v) is 9.04. The highest BCUT2D eigenvalue weighted by molar-refractivity contribution is 5.90. The van der Waals surface area contributed by atoms with E-state index >= 15 is 0 Å². The molecule has 0 aliphatic heterocycles. The van der Waals surface area contributed by atoms with Gasteiger partial charge in [0, 0.05) is 11.9 Å². The Kier molecular flexibility index (Phi) is 6.40. The lowest BCUT2D eigenvalue weighted by molar-refractivity contribution is -0.139. The van der Waals surface area contributed by atoms with E-state index in [1.165, 1.54) is 0 Å². The van der Waals surface area contributed by atoms with E-state index in [9.17, 15) is 22.8 Å². The van der Waals surface area contributed by atoms with E-state index in [1.807, 2.05) is 12.1 Å². The van der Waals surface area contributed by atoms with Crippen LogP contribution in [0.2, 0.25) is 0 Å². The molecular formula is C22H16F3N3O3. The Morgan fingerprint density at radius 3 is 2.52 bits per heavy atom. The number of carbonyl (C=O) groups is 1. The third-order valence-corrected chi connectivity index (χ3v) is 4.24. The van der Waals surface area contributed by atoms with Crippen molar-refractivity contribution in [2.75, 3.05) is 5.32 Å². The Morgan fingerprint density at radius 2 is 1.84 bits per heavy atom.